The molecule has 2 rings (SSSR count). The van der Waals surface area contributed by atoms with Crippen LogP contribution in [0.15, 0.2) is 18.2 Å². The van der Waals surface area contributed by atoms with E-state index in [1.807, 2.05) is 12.1 Å². The number of hydrogen-bond donors (Lipinski definition) is 0. The molecule has 0 saturated carbocycles. The summed E-state index contributed by atoms with van der Waals surface area (Å²) < 4.78 is 15.3. The third-order valence-corrected chi connectivity index (χ3v) is 2.75. The number of carbonyl (C=O) groups is 1. The van der Waals surface area contributed by atoms with Crippen LogP contribution in [-0.2, 0) is 9.53 Å². The Labute approximate surface area is 94.1 Å². The third kappa shape index (κ3) is 1.83. The summed E-state index contributed by atoms with van der Waals surface area (Å²) in [6, 6.07) is 5.51. The van der Waals surface area contributed by atoms with Gasteiger partial charge in [0, 0.05) is 0 Å². The summed E-state index contributed by atoms with van der Waals surface area (Å²) in [5.41, 5.74) is 0.917. The van der Waals surface area contributed by atoms with Gasteiger partial charge in [-0.2, -0.15) is 0 Å². The lowest BCUT2D eigenvalue weighted by Gasteiger charge is -2.11. The lowest BCUT2D eigenvalue weighted by molar-refractivity contribution is -0.139. The quantitative estimate of drug-likeness (QED) is 0.731. The first kappa shape index (κ1) is 10.8. The van der Waals surface area contributed by atoms with Crippen molar-refractivity contribution in [2.75, 3.05) is 20.8 Å². The molecular formula is C12H14O4. The Morgan fingerprint density at radius 2 is 2.00 bits per heavy atom. The van der Waals surface area contributed by atoms with Crippen molar-refractivity contribution in [3.8, 4) is 11.5 Å². The molecule has 0 amide bonds. The van der Waals surface area contributed by atoms with Crippen molar-refractivity contribution in [1.82, 2.24) is 0 Å². The molecule has 0 aromatic heterocycles. The first-order valence-corrected chi connectivity index (χ1v) is 5.15. The normalized spacial score (nSPS) is 19.4. The first-order chi connectivity index (χ1) is 7.76. The fourth-order valence-corrected chi connectivity index (χ4v) is 1.87. The zero-order valence-electron chi connectivity index (χ0n) is 9.36. The maximum absolute atomic E-state index is 11.4. The number of hydrogen-bond acceptors (Lipinski definition) is 4. The Hall–Kier alpha value is -1.71. The molecule has 1 atom stereocenters. The van der Waals surface area contributed by atoms with Crippen molar-refractivity contribution < 1.29 is 19.0 Å². The predicted molar refractivity (Wildman–Crippen MR) is 57.9 cm³/mol. The van der Waals surface area contributed by atoms with Gasteiger partial charge >= 0.3 is 5.97 Å². The van der Waals surface area contributed by atoms with E-state index in [9.17, 15) is 4.79 Å². The van der Waals surface area contributed by atoms with E-state index in [1.165, 1.54) is 0 Å². The summed E-state index contributed by atoms with van der Waals surface area (Å²) in [6.07, 6.45) is 0.730. The van der Waals surface area contributed by atoms with Crippen LogP contribution in [0.1, 0.15) is 17.9 Å². The van der Waals surface area contributed by atoms with Crippen molar-refractivity contribution in [1.29, 1.82) is 0 Å². The molecule has 86 valence electrons. The Morgan fingerprint density at radius 1 is 1.25 bits per heavy atom. The smallest absolute Gasteiger partial charge is 0.313 e. The number of ether oxygens (including phenoxy) is 3. The van der Waals surface area contributed by atoms with Gasteiger partial charge in [-0.1, -0.05) is 6.07 Å². The van der Waals surface area contributed by atoms with Crippen molar-refractivity contribution in [3.05, 3.63) is 23.8 Å². The van der Waals surface area contributed by atoms with Gasteiger partial charge in [-0.3, -0.25) is 4.79 Å². The summed E-state index contributed by atoms with van der Waals surface area (Å²) >= 11 is 0. The van der Waals surface area contributed by atoms with Crippen LogP contribution < -0.4 is 9.47 Å². The van der Waals surface area contributed by atoms with Crippen molar-refractivity contribution in [3.63, 3.8) is 0 Å². The Balaban J connectivity index is 2.32. The van der Waals surface area contributed by atoms with Crippen LogP contribution in [0.4, 0.5) is 0 Å². The van der Waals surface area contributed by atoms with Crippen molar-refractivity contribution in [2.24, 2.45) is 0 Å². The number of esters is 1. The number of carbonyl (C=O) groups excluding carboxylic acids is 1. The highest BCUT2D eigenvalue weighted by Gasteiger charge is 2.28. The van der Waals surface area contributed by atoms with Crippen LogP contribution in [0.5, 0.6) is 11.5 Å². The summed E-state index contributed by atoms with van der Waals surface area (Å²) in [7, 11) is 3.16. The standard InChI is InChI=1S/C12H14O4/c1-14-10-4-3-8(7-11(10)15-2)9-5-6-16-12(9)13/h3-4,7,9H,5-6H2,1-2H3. The van der Waals surface area contributed by atoms with Gasteiger partial charge in [0.05, 0.1) is 26.7 Å². The van der Waals surface area contributed by atoms with Gasteiger partial charge in [0.2, 0.25) is 0 Å². The zero-order chi connectivity index (χ0) is 11.5. The highest BCUT2D eigenvalue weighted by molar-refractivity contribution is 5.80. The fraction of sp³-hybridized carbons (Fsp3) is 0.417. The molecule has 16 heavy (non-hydrogen) atoms. The van der Waals surface area contributed by atoms with Crippen LogP contribution in [0, 0.1) is 0 Å². The van der Waals surface area contributed by atoms with Gasteiger partial charge in [-0.25, -0.2) is 0 Å². The molecule has 1 heterocycles. The van der Waals surface area contributed by atoms with Crippen LogP contribution in [0.3, 0.4) is 0 Å². The van der Waals surface area contributed by atoms with Gasteiger partial charge in [0.15, 0.2) is 11.5 Å². The van der Waals surface area contributed by atoms with Crippen molar-refractivity contribution in [2.45, 2.75) is 12.3 Å². The van der Waals surface area contributed by atoms with E-state index in [2.05, 4.69) is 0 Å². The molecule has 1 saturated heterocycles. The minimum absolute atomic E-state index is 0.160. The van der Waals surface area contributed by atoms with E-state index >= 15 is 0 Å². The molecule has 1 aromatic rings. The molecule has 1 fully saturated rings. The summed E-state index contributed by atoms with van der Waals surface area (Å²) in [4.78, 5) is 11.4. The van der Waals surface area contributed by atoms with E-state index in [4.69, 9.17) is 14.2 Å². The Morgan fingerprint density at radius 3 is 2.56 bits per heavy atom. The molecular weight excluding hydrogens is 208 g/mol. The summed E-state index contributed by atoms with van der Waals surface area (Å²) in [5.74, 6) is 0.976. The fourth-order valence-electron chi connectivity index (χ4n) is 1.87. The highest BCUT2D eigenvalue weighted by Crippen LogP contribution is 2.33. The van der Waals surface area contributed by atoms with Gasteiger partial charge in [-0.05, 0) is 24.1 Å². The van der Waals surface area contributed by atoms with Crippen LogP contribution in [0.25, 0.3) is 0 Å². The average Bonchev–Trinajstić information content (AvgIpc) is 2.74. The molecule has 1 aromatic carbocycles. The first-order valence-electron chi connectivity index (χ1n) is 5.15. The topological polar surface area (TPSA) is 44.8 Å². The number of benzene rings is 1. The van der Waals surface area contributed by atoms with Gasteiger partial charge in [0.1, 0.15) is 0 Å². The van der Waals surface area contributed by atoms with E-state index in [0.29, 0.717) is 18.1 Å². The van der Waals surface area contributed by atoms with E-state index < -0.39 is 0 Å². The lowest BCUT2D eigenvalue weighted by atomic mass is 9.97. The number of rotatable bonds is 3. The van der Waals surface area contributed by atoms with E-state index in [0.717, 1.165) is 12.0 Å². The van der Waals surface area contributed by atoms with Gasteiger partial charge in [0.25, 0.3) is 0 Å². The molecule has 4 nitrogen and oxygen atoms in total. The van der Waals surface area contributed by atoms with E-state index in [1.54, 1.807) is 20.3 Å². The third-order valence-electron chi connectivity index (χ3n) is 2.75. The monoisotopic (exact) mass is 222 g/mol. The highest BCUT2D eigenvalue weighted by atomic mass is 16.5. The maximum Gasteiger partial charge on any atom is 0.313 e. The van der Waals surface area contributed by atoms with Gasteiger partial charge in [-0.15, -0.1) is 0 Å². The second kappa shape index (κ2) is 4.43. The van der Waals surface area contributed by atoms with Crippen LogP contribution in [0.2, 0.25) is 0 Å². The molecule has 0 bridgehead atoms. The second-order valence-corrected chi connectivity index (χ2v) is 3.62. The predicted octanol–water partition coefficient (Wildman–Crippen LogP) is 1.73. The lowest BCUT2D eigenvalue weighted by Crippen LogP contribution is -2.06. The maximum atomic E-state index is 11.4. The summed E-state index contributed by atoms with van der Waals surface area (Å²) in [6.45, 7) is 0.498. The molecule has 1 aliphatic heterocycles. The average molecular weight is 222 g/mol. The summed E-state index contributed by atoms with van der Waals surface area (Å²) in [5, 5.41) is 0. The molecule has 0 spiro atoms. The number of cyclic esters (lactones) is 1. The minimum Gasteiger partial charge on any atom is -0.493 e. The molecule has 0 radical (unpaired) electrons. The Bertz CT molecular complexity index is 400. The second-order valence-electron chi connectivity index (χ2n) is 3.62. The number of methoxy groups -OCH3 is 2. The molecule has 1 aliphatic rings. The van der Waals surface area contributed by atoms with Crippen LogP contribution in [-0.4, -0.2) is 26.8 Å². The Kier molecular flexibility index (Phi) is 2.99. The molecule has 1 unspecified atom stereocenters. The minimum atomic E-state index is -0.167. The van der Waals surface area contributed by atoms with Crippen molar-refractivity contribution >= 4 is 5.97 Å². The largest absolute Gasteiger partial charge is 0.493 e. The van der Waals surface area contributed by atoms with Gasteiger partial charge < -0.3 is 14.2 Å². The molecule has 4 heteroatoms. The SMILES string of the molecule is COc1ccc(C2CCOC2=O)cc1OC. The zero-order valence-corrected chi connectivity index (χ0v) is 9.36. The van der Waals surface area contributed by atoms with Crippen LogP contribution >= 0.6 is 0 Å². The molecule has 0 aliphatic carbocycles. The van der Waals surface area contributed by atoms with E-state index in [-0.39, 0.29) is 11.9 Å². The molecule has 0 N–H and O–H groups in total.